The first-order chi connectivity index (χ1) is 9.19. The van der Waals surface area contributed by atoms with Crippen LogP contribution in [0.5, 0.6) is 0 Å². The SMILES string of the molecule is NC(=O)c1cc(N(CC(F)(F)F)C2CC2)c(F)cc1N. The number of alkyl halides is 3. The number of nitrogens with zero attached hydrogens (tertiary/aromatic N) is 1. The van der Waals surface area contributed by atoms with E-state index in [4.69, 9.17) is 11.5 Å². The molecule has 1 aliphatic carbocycles. The minimum absolute atomic E-state index is 0.186. The van der Waals surface area contributed by atoms with Crippen molar-refractivity contribution in [2.24, 2.45) is 5.73 Å². The van der Waals surface area contributed by atoms with Crippen LogP contribution in [0.25, 0.3) is 0 Å². The predicted octanol–water partition coefficient (Wildman–Crippen LogP) is 2.04. The molecule has 1 amide bonds. The van der Waals surface area contributed by atoms with Crippen molar-refractivity contribution in [2.75, 3.05) is 17.2 Å². The summed E-state index contributed by atoms with van der Waals surface area (Å²) >= 11 is 0. The fourth-order valence-corrected chi connectivity index (χ4v) is 2.00. The molecular formula is C12H13F4N3O. The highest BCUT2D eigenvalue weighted by Gasteiger charge is 2.39. The van der Waals surface area contributed by atoms with Crippen LogP contribution in [0.15, 0.2) is 12.1 Å². The van der Waals surface area contributed by atoms with Gasteiger partial charge in [-0.15, -0.1) is 0 Å². The van der Waals surface area contributed by atoms with Crippen LogP contribution in [0.4, 0.5) is 28.9 Å². The largest absolute Gasteiger partial charge is 0.405 e. The van der Waals surface area contributed by atoms with Gasteiger partial charge in [-0.1, -0.05) is 0 Å². The third kappa shape index (κ3) is 3.12. The van der Waals surface area contributed by atoms with E-state index in [0.29, 0.717) is 12.8 Å². The Morgan fingerprint density at radius 2 is 1.95 bits per heavy atom. The smallest absolute Gasteiger partial charge is 0.398 e. The monoisotopic (exact) mass is 291 g/mol. The first kappa shape index (κ1) is 14.4. The highest BCUT2D eigenvalue weighted by molar-refractivity contribution is 5.99. The molecule has 1 aromatic carbocycles. The van der Waals surface area contributed by atoms with Crippen LogP contribution in [-0.4, -0.2) is 24.7 Å². The second kappa shape index (κ2) is 4.84. The van der Waals surface area contributed by atoms with E-state index in [1.54, 1.807) is 0 Å². The van der Waals surface area contributed by atoms with Crippen LogP contribution in [0, 0.1) is 5.82 Å². The normalized spacial score (nSPS) is 15.2. The fourth-order valence-electron chi connectivity index (χ4n) is 2.00. The maximum atomic E-state index is 13.9. The minimum Gasteiger partial charge on any atom is -0.398 e. The van der Waals surface area contributed by atoms with Gasteiger partial charge in [0, 0.05) is 11.7 Å². The molecule has 110 valence electrons. The molecule has 1 saturated carbocycles. The molecule has 0 aliphatic heterocycles. The Bertz CT molecular complexity index is 540. The molecule has 8 heteroatoms. The van der Waals surface area contributed by atoms with Crippen molar-refractivity contribution in [2.45, 2.75) is 25.1 Å². The van der Waals surface area contributed by atoms with Crippen molar-refractivity contribution in [3.05, 3.63) is 23.5 Å². The predicted molar refractivity (Wildman–Crippen MR) is 65.8 cm³/mol. The zero-order valence-electron chi connectivity index (χ0n) is 10.4. The number of carbonyl (C=O) groups excluding carboxylic acids is 1. The summed E-state index contributed by atoms with van der Waals surface area (Å²) in [5, 5.41) is 0. The third-order valence-corrected chi connectivity index (χ3v) is 3.03. The molecule has 1 aromatic rings. The van der Waals surface area contributed by atoms with Gasteiger partial charge in [0.05, 0.1) is 11.3 Å². The number of hydrogen-bond acceptors (Lipinski definition) is 3. The molecular weight excluding hydrogens is 278 g/mol. The quantitative estimate of drug-likeness (QED) is 0.658. The number of nitrogens with two attached hydrogens (primary N) is 2. The van der Waals surface area contributed by atoms with Gasteiger partial charge < -0.3 is 16.4 Å². The molecule has 2 rings (SSSR count). The molecule has 0 spiro atoms. The first-order valence-electron chi connectivity index (χ1n) is 5.91. The number of benzene rings is 1. The summed E-state index contributed by atoms with van der Waals surface area (Å²) in [5.74, 6) is -1.81. The number of rotatable bonds is 4. The van der Waals surface area contributed by atoms with E-state index < -0.39 is 24.4 Å². The van der Waals surface area contributed by atoms with Crippen LogP contribution < -0.4 is 16.4 Å². The molecule has 1 aliphatic rings. The number of anilines is 2. The van der Waals surface area contributed by atoms with Crippen molar-refractivity contribution in [1.82, 2.24) is 0 Å². The van der Waals surface area contributed by atoms with Gasteiger partial charge in [-0.25, -0.2) is 4.39 Å². The minimum atomic E-state index is -4.47. The molecule has 0 aromatic heterocycles. The highest BCUT2D eigenvalue weighted by Crippen LogP contribution is 2.37. The lowest BCUT2D eigenvalue weighted by atomic mass is 10.1. The van der Waals surface area contributed by atoms with E-state index in [1.807, 2.05) is 0 Å². The average molecular weight is 291 g/mol. The van der Waals surface area contributed by atoms with Gasteiger partial charge in [0.25, 0.3) is 5.91 Å². The summed E-state index contributed by atoms with van der Waals surface area (Å²) in [6.07, 6.45) is -3.37. The fraction of sp³-hybridized carbons (Fsp3) is 0.417. The Morgan fingerprint density at radius 1 is 1.35 bits per heavy atom. The highest BCUT2D eigenvalue weighted by atomic mass is 19.4. The lowest BCUT2D eigenvalue weighted by molar-refractivity contribution is -0.120. The number of primary amides is 1. The summed E-state index contributed by atoms with van der Waals surface area (Å²) in [6, 6.07) is 1.42. The van der Waals surface area contributed by atoms with E-state index in [0.717, 1.165) is 17.0 Å². The molecule has 0 bridgehead atoms. The molecule has 0 saturated heterocycles. The Morgan fingerprint density at radius 3 is 2.40 bits per heavy atom. The second-order valence-corrected chi connectivity index (χ2v) is 4.73. The standard InChI is InChI=1S/C12H13F4N3O/c13-8-4-9(17)7(11(18)20)3-10(8)19(6-1-2-6)5-12(14,15)16/h3-4,6H,1-2,5,17H2,(H2,18,20). The van der Waals surface area contributed by atoms with Crippen LogP contribution in [0.1, 0.15) is 23.2 Å². The number of hydrogen-bond donors (Lipinski definition) is 2. The topological polar surface area (TPSA) is 72.4 Å². The summed E-state index contributed by atoms with van der Waals surface area (Å²) in [6.45, 7) is -1.28. The van der Waals surface area contributed by atoms with Gasteiger partial charge >= 0.3 is 6.18 Å². The Kier molecular flexibility index (Phi) is 3.49. The molecule has 1 fully saturated rings. The molecule has 20 heavy (non-hydrogen) atoms. The zero-order chi connectivity index (χ0) is 15.1. The number of carbonyl (C=O) groups is 1. The van der Waals surface area contributed by atoms with E-state index >= 15 is 0 Å². The van der Waals surface area contributed by atoms with Crippen molar-refractivity contribution in [1.29, 1.82) is 0 Å². The number of amides is 1. The summed E-state index contributed by atoms with van der Waals surface area (Å²) < 4.78 is 51.6. The van der Waals surface area contributed by atoms with Crippen molar-refractivity contribution in [3.63, 3.8) is 0 Å². The number of nitrogen functional groups attached to an aromatic ring is 1. The third-order valence-electron chi connectivity index (χ3n) is 3.03. The first-order valence-corrected chi connectivity index (χ1v) is 5.91. The summed E-state index contributed by atoms with van der Waals surface area (Å²) in [4.78, 5) is 12.1. The van der Waals surface area contributed by atoms with Gasteiger partial charge in [-0.05, 0) is 25.0 Å². The molecule has 0 atom stereocenters. The molecule has 0 unspecified atom stereocenters. The molecule has 0 heterocycles. The molecule has 4 N–H and O–H groups in total. The Labute approximate surface area is 112 Å². The van der Waals surface area contributed by atoms with E-state index in [-0.39, 0.29) is 23.0 Å². The number of halogens is 4. The van der Waals surface area contributed by atoms with Gasteiger partial charge in [0.15, 0.2) is 0 Å². The van der Waals surface area contributed by atoms with Crippen molar-refractivity contribution in [3.8, 4) is 0 Å². The van der Waals surface area contributed by atoms with E-state index in [2.05, 4.69) is 0 Å². The van der Waals surface area contributed by atoms with E-state index in [1.165, 1.54) is 0 Å². The van der Waals surface area contributed by atoms with Gasteiger partial charge in [0.2, 0.25) is 0 Å². The molecule has 0 radical (unpaired) electrons. The Balaban J connectivity index is 2.42. The van der Waals surface area contributed by atoms with Gasteiger partial charge in [0.1, 0.15) is 12.4 Å². The van der Waals surface area contributed by atoms with Crippen LogP contribution in [0.3, 0.4) is 0 Å². The van der Waals surface area contributed by atoms with Gasteiger partial charge in [-0.3, -0.25) is 4.79 Å². The van der Waals surface area contributed by atoms with Crippen LogP contribution in [0.2, 0.25) is 0 Å². The van der Waals surface area contributed by atoms with Crippen molar-refractivity contribution < 1.29 is 22.4 Å². The van der Waals surface area contributed by atoms with Crippen molar-refractivity contribution >= 4 is 17.3 Å². The maximum Gasteiger partial charge on any atom is 0.405 e. The average Bonchev–Trinajstić information content (AvgIpc) is 3.08. The van der Waals surface area contributed by atoms with E-state index in [9.17, 15) is 22.4 Å². The second-order valence-electron chi connectivity index (χ2n) is 4.73. The lowest BCUT2D eigenvalue weighted by Crippen LogP contribution is -2.36. The zero-order valence-corrected chi connectivity index (χ0v) is 10.4. The van der Waals surface area contributed by atoms with Crippen LogP contribution in [-0.2, 0) is 0 Å². The Hall–Kier alpha value is -1.99. The summed E-state index contributed by atoms with van der Waals surface area (Å²) in [7, 11) is 0. The molecule has 4 nitrogen and oxygen atoms in total. The van der Waals surface area contributed by atoms with Gasteiger partial charge in [-0.2, -0.15) is 13.2 Å². The maximum absolute atomic E-state index is 13.9. The summed E-state index contributed by atoms with van der Waals surface area (Å²) in [5.41, 5.74) is 9.82. The van der Waals surface area contributed by atoms with Crippen LogP contribution >= 0.6 is 0 Å². The lowest BCUT2D eigenvalue weighted by Gasteiger charge is -2.26.